The second-order valence-electron chi connectivity index (χ2n) is 11.6. The van der Waals surface area contributed by atoms with Crippen molar-refractivity contribution in [3.63, 3.8) is 0 Å². The van der Waals surface area contributed by atoms with Gasteiger partial charge in [-0.25, -0.2) is 9.78 Å². The van der Waals surface area contributed by atoms with Crippen molar-refractivity contribution >= 4 is 5.97 Å². The molecule has 1 saturated heterocycles. The minimum atomic E-state index is -1.11. The monoisotopic (exact) mass is 582 g/mol. The molecule has 43 heavy (non-hydrogen) atoms. The topological polar surface area (TPSA) is 98.9 Å². The van der Waals surface area contributed by atoms with Crippen LogP contribution in [-0.2, 0) is 24.3 Å². The number of ether oxygens (including phenoxy) is 3. The van der Waals surface area contributed by atoms with Crippen molar-refractivity contribution < 1.29 is 24.1 Å². The Morgan fingerprint density at radius 2 is 2.00 bits per heavy atom. The lowest BCUT2D eigenvalue weighted by Gasteiger charge is -2.37. The summed E-state index contributed by atoms with van der Waals surface area (Å²) in [6, 6.07) is 18.8. The van der Waals surface area contributed by atoms with Crippen molar-refractivity contribution in [2.24, 2.45) is 0 Å². The van der Waals surface area contributed by atoms with E-state index < -0.39 is 5.97 Å². The Labute approximate surface area is 252 Å². The highest BCUT2D eigenvalue weighted by Gasteiger charge is 2.26. The molecule has 224 valence electrons. The number of hydrogen-bond acceptors (Lipinski definition) is 7. The van der Waals surface area contributed by atoms with E-state index in [-0.39, 0.29) is 17.5 Å². The second-order valence-corrected chi connectivity index (χ2v) is 11.6. The number of aryl methyl sites for hydroxylation is 1. The largest absolute Gasteiger partial charge is 0.488 e. The summed E-state index contributed by atoms with van der Waals surface area (Å²) in [5.41, 5.74) is 6.46. The Balaban J connectivity index is 1.22. The quantitative estimate of drug-likeness (QED) is 0.263. The molecule has 1 fully saturated rings. The van der Waals surface area contributed by atoms with Gasteiger partial charge < -0.3 is 19.3 Å². The lowest BCUT2D eigenvalue weighted by atomic mass is 9.95. The van der Waals surface area contributed by atoms with Gasteiger partial charge in [0.25, 0.3) is 0 Å². The average molecular weight is 583 g/mol. The standard InChI is InChI=1S/C34H38N4O5/c1-22(2)43-33-29(34(39)40)18-35-38(33)31-11-5-10-30(36-31)28-9-4-7-23(3)32(28)42-20-24-12-13-26-19-37(15-14-25(26)17-24)27-8-6-16-41-21-27/h4-5,7,9-13,17-18,22,27H,6,8,14-16,19-21H2,1-3H3,(H,39,40). The summed E-state index contributed by atoms with van der Waals surface area (Å²) < 4.78 is 19.5. The molecule has 2 aliphatic heterocycles. The summed E-state index contributed by atoms with van der Waals surface area (Å²) in [5.74, 6) is 0.261. The molecule has 6 rings (SSSR count). The Kier molecular flexibility index (Phi) is 8.44. The fourth-order valence-corrected chi connectivity index (χ4v) is 5.92. The number of aromatic carboxylic acids is 1. The maximum absolute atomic E-state index is 11.8. The van der Waals surface area contributed by atoms with Gasteiger partial charge in [0, 0.05) is 31.3 Å². The number of hydrogen-bond donors (Lipinski definition) is 1. The van der Waals surface area contributed by atoms with Crippen LogP contribution in [0.1, 0.15) is 59.3 Å². The van der Waals surface area contributed by atoms with Crippen molar-refractivity contribution in [1.29, 1.82) is 0 Å². The summed E-state index contributed by atoms with van der Waals surface area (Å²) in [7, 11) is 0. The van der Waals surface area contributed by atoms with E-state index in [9.17, 15) is 9.90 Å². The number of carboxylic acid groups (broad SMARTS) is 1. The summed E-state index contributed by atoms with van der Waals surface area (Å²) in [6.45, 7) is 9.92. The van der Waals surface area contributed by atoms with E-state index in [2.05, 4.69) is 28.2 Å². The van der Waals surface area contributed by atoms with Gasteiger partial charge in [-0.15, -0.1) is 0 Å². The fourth-order valence-electron chi connectivity index (χ4n) is 5.92. The minimum Gasteiger partial charge on any atom is -0.488 e. The van der Waals surface area contributed by atoms with E-state index in [1.807, 2.05) is 51.1 Å². The number of aromatic nitrogens is 3. The third-order valence-corrected chi connectivity index (χ3v) is 8.09. The predicted octanol–water partition coefficient (Wildman–Crippen LogP) is 5.84. The Morgan fingerprint density at radius 3 is 2.79 bits per heavy atom. The molecule has 2 aliphatic rings. The smallest absolute Gasteiger partial charge is 0.342 e. The lowest BCUT2D eigenvalue weighted by molar-refractivity contribution is 0.0125. The summed E-state index contributed by atoms with van der Waals surface area (Å²) in [4.78, 5) is 19.2. The molecule has 9 nitrogen and oxygen atoms in total. The molecule has 4 heterocycles. The second kappa shape index (κ2) is 12.6. The molecular weight excluding hydrogens is 544 g/mol. The van der Waals surface area contributed by atoms with Crippen LogP contribution in [0.5, 0.6) is 11.6 Å². The van der Waals surface area contributed by atoms with Gasteiger partial charge in [0.2, 0.25) is 5.88 Å². The SMILES string of the molecule is Cc1cccc(-c2cccc(-n3ncc(C(=O)O)c3OC(C)C)n2)c1OCc1ccc2c(c1)CCN(C1CCCOC1)C2. The number of rotatable bonds is 9. The fraction of sp³-hybridized carbons (Fsp3) is 0.382. The molecule has 0 aliphatic carbocycles. The number of carbonyl (C=O) groups is 1. The van der Waals surface area contributed by atoms with Crippen LogP contribution in [0.15, 0.2) is 60.8 Å². The first-order valence-corrected chi connectivity index (χ1v) is 15.0. The first-order chi connectivity index (χ1) is 20.9. The molecule has 0 spiro atoms. The van der Waals surface area contributed by atoms with Crippen LogP contribution in [0.2, 0.25) is 0 Å². The van der Waals surface area contributed by atoms with Crippen LogP contribution in [0.25, 0.3) is 17.1 Å². The van der Waals surface area contributed by atoms with Crippen LogP contribution >= 0.6 is 0 Å². The van der Waals surface area contributed by atoms with Crippen molar-refractivity contribution in [1.82, 2.24) is 19.7 Å². The highest BCUT2D eigenvalue weighted by Crippen LogP contribution is 2.34. The van der Waals surface area contributed by atoms with Crippen molar-refractivity contribution in [2.45, 2.75) is 65.3 Å². The van der Waals surface area contributed by atoms with Crippen molar-refractivity contribution in [2.75, 3.05) is 19.8 Å². The number of carboxylic acids is 1. The molecular formula is C34H38N4O5. The van der Waals surface area contributed by atoms with Gasteiger partial charge >= 0.3 is 5.97 Å². The van der Waals surface area contributed by atoms with Gasteiger partial charge in [-0.2, -0.15) is 9.78 Å². The van der Waals surface area contributed by atoms with Gasteiger partial charge in [0.05, 0.1) is 24.6 Å². The molecule has 0 radical (unpaired) electrons. The Hall–Kier alpha value is -4.21. The normalized spacial score (nSPS) is 17.1. The third kappa shape index (κ3) is 6.28. The number of fused-ring (bicyclic) bond motifs is 1. The zero-order chi connectivity index (χ0) is 29.9. The first-order valence-electron chi connectivity index (χ1n) is 15.0. The molecule has 1 atom stereocenters. The zero-order valence-corrected chi connectivity index (χ0v) is 25.0. The maximum atomic E-state index is 11.8. The van der Waals surface area contributed by atoms with Gasteiger partial charge in [0.15, 0.2) is 5.82 Å². The van der Waals surface area contributed by atoms with Crippen LogP contribution < -0.4 is 9.47 Å². The zero-order valence-electron chi connectivity index (χ0n) is 25.0. The van der Waals surface area contributed by atoms with Gasteiger partial charge in [-0.3, -0.25) is 4.90 Å². The number of pyridine rings is 1. The van der Waals surface area contributed by atoms with Gasteiger partial charge in [0.1, 0.15) is 17.9 Å². The summed E-state index contributed by atoms with van der Waals surface area (Å²) in [6.07, 6.45) is 4.45. The molecule has 0 saturated carbocycles. The molecule has 1 unspecified atom stereocenters. The van der Waals surface area contributed by atoms with Crippen LogP contribution in [-0.4, -0.2) is 62.6 Å². The predicted molar refractivity (Wildman–Crippen MR) is 163 cm³/mol. The van der Waals surface area contributed by atoms with E-state index in [0.29, 0.717) is 24.2 Å². The Morgan fingerprint density at radius 1 is 1.14 bits per heavy atom. The molecule has 2 aromatic heterocycles. The van der Waals surface area contributed by atoms with Crippen molar-refractivity contribution in [3.05, 3.63) is 88.6 Å². The third-order valence-electron chi connectivity index (χ3n) is 8.09. The maximum Gasteiger partial charge on any atom is 0.342 e. The molecule has 4 aromatic rings. The van der Waals surface area contributed by atoms with Crippen LogP contribution in [0, 0.1) is 6.92 Å². The van der Waals surface area contributed by atoms with E-state index >= 15 is 0 Å². The van der Waals surface area contributed by atoms with Crippen LogP contribution in [0.3, 0.4) is 0 Å². The number of para-hydroxylation sites is 1. The van der Waals surface area contributed by atoms with E-state index in [0.717, 1.165) is 61.6 Å². The number of nitrogens with zero attached hydrogens (tertiary/aromatic N) is 4. The highest BCUT2D eigenvalue weighted by atomic mass is 16.5. The molecule has 0 bridgehead atoms. The van der Waals surface area contributed by atoms with Gasteiger partial charge in [-0.1, -0.05) is 36.4 Å². The minimum absolute atomic E-state index is 0.0127. The lowest BCUT2D eigenvalue weighted by Crippen LogP contribution is -2.43. The van der Waals surface area contributed by atoms with E-state index in [4.69, 9.17) is 19.2 Å². The van der Waals surface area contributed by atoms with Crippen molar-refractivity contribution in [3.8, 4) is 28.7 Å². The molecule has 9 heteroatoms. The molecule has 1 N–H and O–H groups in total. The van der Waals surface area contributed by atoms with Crippen LogP contribution in [0.4, 0.5) is 0 Å². The Bertz CT molecular complexity index is 1610. The summed E-state index contributed by atoms with van der Waals surface area (Å²) >= 11 is 0. The van der Waals surface area contributed by atoms with E-state index in [1.54, 1.807) is 6.07 Å². The van der Waals surface area contributed by atoms with Gasteiger partial charge in [-0.05, 0) is 80.5 Å². The van der Waals surface area contributed by atoms with E-state index in [1.165, 1.54) is 28.4 Å². The highest BCUT2D eigenvalue weighted by molar-refractivity contribution is 5.90. The molecule has 2 aromatic carbocycles. The number of benzene rings is 2. The molecule has 0 amide bonds. The summed E-state index contributed by atoms with van der Waals surface area (Å²) in [5, 5.41) is 13.9. The first kappa shape index (κ1) is 28.9. The average Bonchev–Trinajstić information content (AvgIpc) is 3.43.